The van der Waals surface area contributed by atoms with E-state index in [9.17, 15) is 13.2 Å². The maximum atomic E-state index is 12.7. The van der Waals surface area contributed by atoms with E-state index in [0.29, 0.717) is 26.3 Å². The van der Waals surface area contributed by atoms with Crippen molar-refractivity contribution >= 4 is 6.20 Å². The lowest BCUT2D eigenvalue weighted by molar-refractivity contribution is -0.137. The zero-order valence-corrected chi connectivity index (χ0v) is 13.8. The Bertz CT molecular complexity index is 620. The molecule has 0 atom stereocenters. The third kappa shape index (κ3) is 5.19. The topological polar surface area (TPSA) is 39.0 Å². The predicted octanol–water partition coefficient (Wildman–Crippen LogP) is 2.20. The van der Waals surface area contributed by atoms with Gasteiger partial charge >= 0.3 is 6.18 Å². The van der Waals surface area contributed by atoms with Crippen LogP contribution in [-0.2, 0) is 15.7 Å². The first-order chi connectivity index (χ1) is 11.4. The maximum Gasteiger partial charge on any atom is 0.416 e. The average Bonchev–Trinajstić information content (AvgIpc) is 3.06. The molecule has 8 heteroatoms. The predicted molar refractivity (Wildman–Crippen MR) is 84.1 cm³/mol. The molecule has 2 rings (SSSR count). The molecule has 1 aromatic rings. The van der Waals surface area contributed by atoms with Crippen molar-refractivity contribution in [2.24, 2.45) is 4.99 Å². The van der Waals surface area contributed by atoms with Gasteiger partial charge in [0.1, 0.15) is 5.49 Å². The Hall–Kier alpha value is -1.64. The summed E-state index contributed by atoms with van der Waals surface area (Å²) in [5.41, 5.74) is -0.468. The smallest absolute Gasteiger partial charge is 0.349 e. The van der Waals surface area contributed by atoms with E-state index in [1.54, 1.807) is 10.8 Å². The highest BCUT2D eigenvalue weighted by molar-refractivity contribution is 5.26. The molecule has 0 aromatic carbocycles. The van der Waals surface area contributed by atoms with Gasteiger partial charge < -0.3 is 14.0 Å². The van der Waals surface area contributed by atoms with Crippen molar-refractivity contribution in [3.05, 3.63) is 35.5 Å². The van der Waals surface area contributed by atoms with Crippen LogP contribution in [0.5, 0.6) is 0 Å². The second-order valence-electron chi connectivity index (χ2n) is 5.31. The Morgan fingerprint density at radius 2 is 2.08 bits per heavy atom. The van der Waals surface area contributed by atoms with E-state index in [1.807, 2.05) is 13.0 Å². The van der Waals surface area contributed by atoms with Gasteiger partial charge in [0.2, 0.25) is 0 Å². The Morgan fingerprint density at radius 3 is 2.67 bits per heavy atom. The highest BCUT2D eigenvalue weighted by atomic mass is 19.4. The van der Waals surface area contributed by atoms with Gasteiger partial charge in [0.15, 0.2) is 6.29 Å². The Morgan fingerprint density at radius 1 is 1.38 bits per heavy atom. The van der Waals surface area contributed by atoms with Crippen LogP contribution in [0.15, 0.2) is 29.4 Å². The van der Waals surface area contributed by atoms with Crippen LogP contribution >= 0.6 is 0 Å². The van der Waals surface area contributed by atoms with Gasteiger partial charge in [0.25, 0.3) is 0 Å². The summed E-state index contributed by atoms with van der Waals surface area (Å²) in [5.74, 6) is 0. The first-order valence-corrected chi connectivity index (χ1v) is 7.78. The number of ether oxygens (including phenoxy) is 2. The van der Waals surface area contributed by atoms with Crippen LogP contribution in [0.1, 0.15) is 12.5 Å². The fourth-order valence-corrected chi connectivity index (χ4v) is 2.35. The summed E-state index contributed by atoms with van der Waals surface area (Å²) in [6.45, 7) is 5.36. The zero-order chi connectivity index (χ0) is 17.6. The molecular weight excluding hydrogens is 323 g/mol. The molecular formula is C16H22F3N3O2. The molecule has 0 bridgehead atoms. The minimum atomic E-state index is -4.37. The van der Waals surface area contributed by atoms with E-state index < -0.39 is 11.7 Å². The minimum Gasteiger partial charge on any atom is -0.349 e. The van der Waals surface area contributed by atoms with Gasteiger partial charge in [-0.3, -0.25) is 9.89 Å². The molecule has 2 heterocycles. The van der Waals surface area contributed by atoms with Crippen molar-refractivity contribution in [2.75, 3.05) is 39.9 Å². The van der Waals surface area contributed by atoms with Crippen molar-refractivity contribution in [1.29, 1.82) is 0 Å². The fourth-order valence-electron chi connectivity index (χ4n) is 2.35. The molecule has 0 amide bonds. The van der Waals surface area contributed by atoms with Gasteiger partial charge in [-0.05, 0) is 18.7 Å². The molecule has 1 fully saturated rings. The number of halogens is 3. The average molecular weight is 345 g/mol. The van der Waals surface area contributed by atoms with E-state index in [0.717, 1.165) is 18.7 Å². The van der Waals surface area contributed by atoms with Gasteiger partial charge in [-0.1, -0.05) is 13.0 Å². The van der Waals surface area contributed by atoms with Gasteiger partial charge in [-0.2, -0.15) is 13.2 Å². The van der Waals surface area contributed by atoms with E-state index in [-0.39, 0.29) is 11.8 Å². The molecule has 24 heavy (non-hydrogen) atoms. The van der Waals surface area contributed by atoms with Crippen molar-refractivity contribution in [3.63, 3.8) is 0 Å². The lowest BCUT2D eigenvalue weighted by Crippen LogP contribution is -2.33. The molecule has 1 aliphatic heterocycles. The van der Waals surface area contributed by atoms with E-state index in [1.165, 1.54) is 13.2 Å². The molecule has 1 aromatic heterocycles. The first kappa shape index (κ1) is 18.7. The van der Waals surface area contributed by atoms with Crippen molar-refractivity contribution < 1.29 is 22.6 Å². The minimum absolute atomic E-state index is 0.210. The van der Waals surface area contributed by atoms with Crippen LogP contribution in [0.4, 0.5) is 13.2 Å². The summed E-state index contributed by atoms with van der Waals surface area (Å²) in [6.07, 6.45) is 0.365. The van der Waals surface area contributed by atoms with Gasteiger partial charge in [-0.15, -0.1) is 0 Å². The molecule has 5 nitrogen and oxygen atoms in total. The molecule has 134 valence electrons. The number of hydrogen-bond acceptors (Lipinski definition) is 4. The largest absolute Gasteiger partial charge is 0.416 e. The summed E-state index contributed by atoms with van der Waals surface area (Å²) < 4.78 is 50.6. The summed E-state index contributed by atoms with van der Waals surface area (Å²) in [4.78, 5) is 6.03. The molecule has 0 saturated carbocycles. The quantitative estimate of drug-likeness (QED) is 0.794. The summed E-state index contributed by atoms with van der Waals surface area (Å²) >= 11 is 0. The normalized spacial score (nSPS) is 17.5. The molecule has 0 N–H and O–H groups in total. The molecule has 1 aliphatic rings. The monoisotopic (exact) mass is 345 g/mol. The number of alkyl halides is 3. The molecule has 0 spiro atoms. The van der Waals surface area contributed by atoms with E-state index >= 15 is 0 Å². The summed E-state index contributed by atoms with van der Waals surface area (Å²) in [6, 6.07) is 2.07. The highest BCUT2D eigenvalue weighted by Gasteiger charge is 2.30. The number of pyridine rings is 1. The maximum absolute atomic E-state index is 12.7. The van der Waals surface area contributed by atoms with Gasteiger partial charge in [-0.25, -0.2) is 0 Å². The lowest BCUT2D eigenvalue weighted by atomic mass is 10.2. The lowest BCUT2D eigenvalue weighted by Gasteiger charge is -2.21. The van der Waals surface area contributed by atoms with Crippen molar-refractivity contribution in [2.45, 2.75) is 19.4 Å². The number of nitrogens with zero attached hydrogens (tertiary/aromatic N) is 3. The standard InChI is InChI=1S/C16H22F3N3O2/c1-3-21(12-15-23-9-10-24-15)6-4-7-22-8-5-13(16(17,18)19)11-14(22)20-2/h4-5,7-8,11,15H,3,6,9-10,12H2,1-2H3/b7-4+,20-14?. The summed E-state index contributed by atoms with van der Waals surface area (Å²) in [5, 5.41) is 0. The van der Waals surface area contributed by atoms with Crippen molar-refractivity contribution in [3.8, 4) is 0 Å². The van der Waals surface area contributed by atoms with E-state index in [2.05, 4.69) is 9.89 Å². The molecule has 1 saturated heterocycles. The van der Waals surface area contributed by atoms with Crippen LogP contribution < -0.4 is 5.49 Å². The number of rotatable bonds is 6. The molecule has 0 unspecified atom stereocenters. The second kappa shape index (κ2) is 8.46. The van der Waals surface area contributed by atoms with Gasteiger partial charge in [0, 0.05) is 32.5 Å². The molecule has 0 radical (unpaired) electrons. The van der Waals surface area contributed by atoms with Crippen LogP contribution in [0.3, 0.4) is 0 Å². The summed E-state index contributed by atoms with van der Waals surface area (Å²) in [7, 11) is 1.47. The fraction of sp³-hybridized carbons (Fsp3) is 0.562. The van der Waals surface area contributed by atoms with Crippen molar-refractivity contribution in [1.82, 2.24) is 9.47 Å². The molecule has 0 aliphatic carbocycles. The Balaban J connectivity index is 2.02. The van der Waals surface area contributed by atoms with Crippen LogP contribution in [0.2, 0.25) is 0 Å². The number of aromatic nitrogens is 1. The zero-order valence-electron chi connectivity index (χ0n) is 13.8. The van der Waals surface area contributed by atoms with E-state index in [4.69, 9.17) is 9.47 Å². The third-order valence-corrected chi connectivity index (χ3v) is 3.70. The first-order valence-electron chi connectivity index (χ1n) is 7.78. The van der Waals surface area contributed by atoms with Crippen LogP contribution in [-0.4, -0.2) is 55.7 Å². The number of likely N-dealkylation sites (N-methyl/N-ethyl adjacent to an activating group) is 1. The SMILES string of the molecule is CCN(C/C=C/n1ccc(C(F)(F)F)cc1=NC)CC1OCCO1. The van der Waals surface area contributed by atoms with Crippen LogP contribution in [0.25, 0.3) is 6.20 Å². The second-order valence-corrected chi connectivity index (χ2v) is 5.31. The van der Waals surface area contributed by atoms with Crippen LogP contribution in [0, 0.1) is 0 Å². The third-order valence-electron chi connectivity index (χ3n) is 3.70. The van der Waals surface area contributed by atoms with Gasteiger partial charge in [0.05, 0.1) is 18.8 Å². The Kier molecular flexibility index (Phi) is 6.59. The Labute approximate surface area is 139 Å². The number of hydrogen-bond donors (Lipinski definition) is 0. The highest BCUT2D eigenvalue weighted by Crippen LogP contribution is 2.27.